The number of H-pyrrole nitrogens is 1. The predicted molar refractivity (Wildman–Crippen MR) is 103 cm³/mol. The van der Waals surface area contributed by atoms with E-state index in [0.717, 1.165) is 22.7 Å². The van der Waals surface area contributed by atoms with Gasteiger partial charge < -0.3 is 19.2 Å². The SMILES string of the molecule is COCCc1nc(-c2cccc3c(C)c(C)[nH]c23)n(C[C@H]2COCCO2)n1. The number of nitrogens with zero attached hydrogens (tertiary/aromatic N) is 3. The average molecular weight is 370 g/mol. The number of hydrogen-bond donors (Lipinski definition) is 1. The molecule has 0 unspecified atom stereocenters. The Hall–Kier alpha value is -2.22. The van der Waals surface area contributed by atoms with Crippen LogP contribution in [0, 0.1) is 13.8 Å². The molecule has 1 fully saturated rings. The molecule has 27 heavy (non-hydrogen) atoms. The largest absolute Gasteiger partial charge is 0.384 e. The maximum atomic E-state index is 5.83. The Bertz CT molecular complexity index is 925. The third kappa shape index (κ3) is 3.63. The maximum Gasteiger partial charge on any atom is 0.160 e. The lowest BCUT2D eigenvalue weighted by Crippen LogP contribution is -2.32. The highest BCUT2D eigenvalue weighted by Gasteiger charge is 2.21. The van der Waals surface area contributed by atoms with Gasteiger partial charge in [0.15, 0.2) is 11.6 Å². The average Bonchev–Trinajstić information content (AvgIpc) is 3.21. The van der Waals surface area contributed by atoms with Crippen molar-refractivity contribution in [1.29, 1.82) is 0 Å². The lowest BCUT2D eigenvalue weighted by atomic mass is 10.1. The Morgan fingerprint density at radius 1 is 1.30 bits per heavy atom. The summed E-state index contributed by atoms with van der Waals surface area (Å²) in [7, 11) is 1.69. The molecular weight excluding hydrogens is 344 g/mol. The summed E-state index contributed by atoms with van der Waals surface area (Å²) in [5, 5.41) is 5.95. The summed E-state index contributed by atoms with van der Waals surface area (Å²) >= 11 is 0. The van der Waals surface area contributed by atoms with E-state index in [1.807, 2.05) is 4.68 Å². The molecule has 1 aliphatic heterocycles. The van der Waals surface area contributed by atoms with Crippen molar-refractivity contribution in [2.24, 2.45) is 0 Å². The Morgan fingerprint density at radius 3 is 2.96 bits per heavy atom. The fraction of sp³-hybridized carbons (Fsp3) is 0.500. The second-order valence-corrected chi connectivity index (χ2v) is 6.95. The van der Waals surface area contributed by atoms with E-state index in [0.29, 0.717) is 39.4 Å². The standard InChI is InChI=1S/C20H26N4O3/c1-13-14(2)21-19-16(13)5-4-6-17(19)20-22-18(7-8-25-3)23-24(20)11-15-12-26-9-10-27-15/h4-6,15,21H,7-12H2,1-3H3/t15-/m0/s1. The van der Waals surface area contributed by atoms with Gasteiger partial charge in [0, 0.05) is 30.2 Å². The third-order valence-corrected chi connectivity index (χ3v) is 5.09. The molecule has 144 valence electrons. The smallest absolute Gasteiger partial charge is 0.160 e. The molecule has 7 nitrogen and oxygen atoms in total. The first-order valence-corrected chi connectivity index (χ1v) is 9.37. The van der Waals surface area contributed by atoms with Gasteiger partial charge in [-0.15, -0.1) is 0 Å². The summed E-state index contributed by atoms with van der Waals surface area (Å²) in [5.74, 6) is 1.63. The van der Waals surface area contributed by atoms with E-state index < -0.39 is 0 Å². The minimum absolute atomic E-state index is 0.0132. The van der Waals surface area contributed by atoms with E-state index in [4.69, 9.17) is 24.3 Å². The summed E-state index contributed by atoms with van der Waals surface area (Å²) in [6, 6.07) is 6.31. The van der Waals surface area contributed by atoms with Gasteiger partial charge in [0.2, 0.25) is 0 Å². The third-order valence-electron chi connectivity index (χ3n) is 5.09. The summed E-state index contributed by atoms with van der Waals surface area (Å²) < 4.78 is 18.5. The number of rotatable bonds is 6. The molecular formula is C20H26N4O3. The first kappa shape index (κ1) is 18.2. The molecule has 3 heterocycles. The highest BCUT2D eigenvalue weighted by Crippen LogP contribution is 2.30. The van der Waals surface area contributed by atoms with Gasteiger partial charge in [-0.1, -0.05) is 12.1 Å². The van der Waals surface area contributed by atoms with Gasteiger partial charge in [-0.3, -0.25) is 0 Å². The van der Waals surface area contributed by atoms with Gasteiger partial charge >= 0.3 is 0 Å². The van der Waals surface area contributed by atoms with Crippen LogP contribution in [0.1, 0.15) is 17.1 Å². The summed E-state index contributed by atoms with van der Waals surface area (Å²) in [6.07, 6.45) is 0.665. The van der Waals surface area contributed by atoms with Crippen molar-refractivity contribution < 1.29 is 14.2 Å². The highest BCUT2D eigenvalue weighted by atomic mass is 16.6. The second-order valence-electron chi connectivity index (χ2n) is 6.95. The lowest BCUT2D eigenvalue weighted by molar-refractivity contribution is -0.0945. The molecule has 0 saturated carbocycles. The van der Waals surface area contributed by atoms with Crippen LogP contribution in [0.2, 0.25) is 0 Å². The van der Waals surface area contributed by atoms with Crippen LogP contribution in [0.4, 0.5) is 0 Å². The molecule has 1 aliphatic rings. The molecule has 0 aliphatic carbocycles. The fourth-order valence-electron chi connectivity index (χ4n) is 3.52. The van der Waals surface area contributed by atoms with Crippen LogP contribution in [0.3, 0.4) is 0 Å². The zero-order valence-electron chi connectivity index (χ0n) is 16.1. The van der Waals surface area contributed by atoms with Crippen molar-refractivity contribution in [3.8, 4) is 11.4 Å². The Kier molecular flexibility index (Phi) is 5.24. The van der Waals surface area contributed by atoms with E-state index in [2.05, 4.69) is 37.0 Å². The van der Waals surface area contributed by atoms with Crippen LogP contribution in [-0.4, -0.2) is 59.4 Å². The van der Waals surface area contributed by atoms with Crippen LogP contribution >= 0.6 is 0 Å². The number of aromatic nitrogens is 4. The zero-order valence-corrected chi connectivity index (χ0v) is 16.1. The van der Waals surface area contributed by atoms with Gasteiger partial charge in [0.25, 0.3) is 0 Å². The van der Waals surface area contributed by atoms with Crippen molar-refractivity contribution in [3.05, 3.63) is 35.3 Å². The quantitative estimate of drug-likeness (QED) is 0.722. The zero-order chi connectivity index (χ0) is 18.8. The Morgan fingerprint density at radius 2 is 2.19 bits per heavy atom. The Labute approximate surface area is 158 Å². The van der Waals surface area contributed by atoms with Crippen molar-refractivity contribution in [2.45, 2.75) is 32.9 Å². The predicted octanol–water partition coefficient (Wildman–Crippen LogP) is 2.65. The molecule has 1 saturated heterocycles. The summed E-state index contributed by atoms with van der Waals surface area (Å²) in [6.45, 7) is 7.30. The number of benzene rings is 1. The lowest BCUT2D eigenvalue weighted by Gasteiger charge is -2.23. The Balaban J connectivity index is 1.76. The van der Waals surface area contributed by atoms with Gasteiger partial charge in [-0.05, 0) is 25.5 Å². The number of ether oxygens (including phenoxy) is 3. The summed E-state index contributed by atoms with van der Waals surface area (Å²) in [4.78, 5) is 8.34. The van der Waals surface area contributed by atoms with Crippen molar-refractivity contribution >= 4 is 10.9 Å². The molecule has 1 atom stereocenters. The van der Waals surface area contributed by atoms with Crippen LogP contribution in [0.25, 0.3) is 22.3 Å². The van der Waals surface area contributed by atoms with Crippen molar-refractivity contribution in [2.75, 3.05) is 33.5 Å². The van der Waals surface area contributed by atoms with E-state index in [1.165, 1.54) is 16.6 Å². The molecule has 3 aromatic rings. The number of methoxy groups -OCH3 is 1. The normalized spacial score (nSPS) is 17.7. The van der Waals surface area contributed by atoms with E-state index >= 15 is 0 Å². The van der Waals surface area contributed by atoms with Crippen LogP contribution in [0.5, 0.6) is 0 Å². The van der Waals surface area contributed by atoms with Crippen LogP contribution in [0.15, 0.2) is 18.2 Å². The molecule has 2 aromatic heterocycles. The number of aryl methyl sites for hydroxylation is 2. The highest BCUT2D eigenvalue weighted by molar-refractivity contribution is 5.95. The molecule has 1 aromatic carbocycles. The van der Waals surface area contributed by atoms with Gasteiger partial charge in [-0.25, -0.2) is 9.67 Å². The molecule has 0 bridgehead atoms. The molecule has 4 rings (SSSR count). The first-order chi connectivity index (χ1) is 13.2. The molecule has 1 N–H and O–H groups in total. The second kappa shape index (κ2) is 7.80. The maximum absolute atomic E-state index is 5.83. The molecule has 0 spiro atoms. The molecule has 7 heteroatoms. The number of para-hydroxylation sites is 1. The number of nitrogens with one attached hydrogen (secondary N) is 1. The van der Waals surface area contributed by atoms with Crippen molar-refractivity contribution in [3.63, 3.8) is 0 Å². The van der Waals surface area contributed by atoms with Crippen molar-refractivity contribution in [1.82, 2.24) is 19.7 Å². The van der Waals surface area contributed by atoms with E-state index in [1.54, 1.807) is 7.11 Å². The minimum Gasteiger partial charge on any atom is -0.384 e. The van der Waals surface area contributed by atoms with Crippen LogP contribution in [-0.2, 0) is 27.2 Å². The molecule has 0 radical (unpaired) electrons. The van der Waals surface area contributed by atoms with E-state index in [9.17, 15) is 0 Å². The number of hydrogen-bond acceptors (Lipinski definition) is 5. The first-order valence-electron chi connectivity index (χ1n) is 9.37. The fourth-order valence-corrected chi connectivity index (χ4v) is 3.52. The minimum atomic E-state index is -0.0132. The van der Waals surface area contributed by atoms with Gasteiger partial charge in [0.05, 0.1) is 38.5 Å². The van der Waals surface area contributed by atoms with Crippen LogP contribution < -0.4 is 0 Å². The topological polar surface area (TPSA) is 74.2 Å². The van der Waals surface area contributed by atoms with Gasteiger partial charge in [-0.2, -0.15) is 5.10 Å². The summed E-state index contributed by atoms with van der Waals surface area (Å²) in [5.41, 5.74) is 4.59. The van der Waals surface area contributed by atoms with E-state index in [-0.39, 0.29) is 6.10 Å². The van der Waals surface area contributed by atoms with Gasteiger partial charge in [0.1, 0.15) is 6.10 Å². The monoisotopic (exact) mass is 370 g/mol. The number of aromatic amines is 1. The molecule has 0 amide bonds. The number of fused-ring (bicyclic) bond motifs is 1.